The van der Waals surface area contributed by atoms with Crippen LogP contribution < -0.4 is 0 Å². The van der Waals surface area contributed by atoms with Gasteiger partial charge >= 0.3 is 0 Å². The summed E-state index contributed by atoms with van der Waals surface area (Å²) in [6.07, 6.45) is 0.461. The van der Waals surface area contributed by atoms with Gasteiger partial charge in [-0.3, -0.25) is 4.79 Å². The molecule has 0 heterocycles. The molecule has 0 atom stereocenters. The van der Waals surface area contributed by atoms with E-state index in [0.29, 0.717) is 19.5 Å². The summed E-state index contributed by atoms with van der Waals surface area (Å²) in [7, 11) is 0. The lowest BCUT2D eigenvalue weighted by atomic mass is 10.1. The molecule has 17 heavy (non-hydrogen) atoms. The molecule has 1 aromatic carbocycles. The van der Waals surface area contributed by atoms with Crippen LogP contribution in [0.15, 0.2) is 30.3 Å². The standard InChI is InChI=1S/C14H21NO2/c1-4-13(16)15(11-14(2,3)17)10-12-8-6-5-7-9-12/h5-9,17H,4,10-11H2,1-3H3. The Morgan fingerprint density at radius 2 is 1.88 bits per heavy atom. The lowest BCUT2D eigenvalue weighted by Gasteiger charge is -2.29. The lowest BCUT2D eigenvalue weighted by Crippen LogP contribution is -2.41. The first-order valence-electron chi connectivity index (χ1n) is 5.96. The zero-order chi connectivity index (χ0) is 12.9. The summed E-state index contributed by atoms with van der Waals surface area (Å²) >= 11 is 0. The first-order valence-corrected chi connectivity index (χ1v) is 5.96. The van der Waals surface area contributed by atoms with Gasteiger partial charge in [-0.25, -0.2) is 0 Å². The summed E-state index contributed by atoms with van der Waals surface area (Å²) in [5, 5.41) is 9.82. The van der Waals surface area contributed by atoms with Gasteiger partial charge in [-0.15, -0.1) is 0 Å². The maximum Gasteiger partial charge on any atom is 0.222 e. The molecule has 0 fully saturated rings. The molecule has 94 valence electrons. The molecule has 0 aliphatic carbocycles. The SMILES string of the molecule is CCC(=O)N(Cc1ccccc1)CC(C)(C)O. The Morgan fingerprint density at radius 1 is 1.29 bits per heavy atom. The zero-order valence-corrected chi connectivity index (χ0v) is 10.8. The molecule has 0 saturated carbocycles. The second-order valence-electron chi connectivity index (χ2n) is 4.90. The quantitative estimate of drug-likeness (QED) is 0.850. The van der Waals surface area contributed by atoms with Gasteiger partial charge in [0, 0.05) is 19.5 Å². The molecule has 0 spiro atoms. The molecular formula is C14H21NO2. The average molecular weight is 235 g/mol. The van der Waals surface area contributed by atoms with Gasteiger partial charge in [-0.1, -0.05) is 37.3 Å². The van der Waals surface area contributed by atoms with E-state index >= 15 is 0 Å². The van der Waals surface area contributed by atoms with Crippen LogP contribution in [0.4, 0.5) is 0 Å². The predicted molar refractivity (Wildman–Crippen MR) is 68.4 cm³/mol. The van der Waals surface area contributed by atoms with Crippen LogP contribution in [-0.4, -0.2) is 28.1 Å². The fourth-order valence-electron chi connectivity index (χ4n) is 1.73. The summed E-state index contributed by atoms with van der Waals surface area (Å²) in [6, 6.07) is 9.83. The molecular weight excluding hydrogens is 214 g/mol. The van der Waals surface area contributed by atoms with Gasteiger partial charge in [-0.05, 0) is 19.4 Å². The summed E-state index contributed by atoms with van der Waals surface area (Å²) in [4.78, 5) is 13.5. The van der Waals surface area contributed by atoms with Crippen LogP contribution >= 0.6 is 0 Å². The Balaban J connectivity index is 2.74. The molecule has 0 aromatic heterocycles. The molecule has 0 aliphatic heterocycles. The molecule has 0 bridgehead atoms. The number of hydrogen-bond acceptors (Lipinski definition) is 2. The number of benzene rings is 1. The number of amides is 1. The molecule has 1 amide bonds. The van der Waals surface area contributed by atoms with E-state index in [9.17, 15) is 9.90 Å². The molecule has 3 heteroatoms. The number of hydrogen-bond donors (Lipinski definition) is 1. The van der Waals surface area contributed by atoms with E-state index in [-0.39, 0.29) is 5.91 Å². The first kappa shape index (κ1) is 13.7. The smallest absolute Gasteiger partial charge is 0.222 e. The molecule has 1 N–H and O–H groups in total. The minimum absolute atomic E-state index is 0.0657. The Bertz CT molecular complexity index is 354. The molecule has 1 rings (SSSR count). The third kappa shape index (κ3) is 5.00. The Morgan fingerprint density at radius 3 is 2.35 bits per heavy atom. The third-order valence-electron chi connectivity index (χ3n) is 2.45. The number of carbonyl (C=O) groups is 1. The van der Waals surface area contributed by atoms with Gasteiger partial charge in [0.25, 0.3) is 0 Å². The monoisotopic (exact) mass is 235 g/mol. The molecule has 1 aromatic rings. The zero-order valence-electron chi connectivity index (χ0n) is 10.8. The van der Waals surface area contributed by atoms with Crippen molar-refractivity contribution in [3.05, 3.63) is 35.9 Å². The third-order valence-corrected chi connectivity index (χ3v) is 2.45. The predicted octanol–water partition coefficient (Wildman–Crippen LogP) is 2.20. The van der Waals surface area contributed by atoms with Gasteiger partial charge in [0.2, 0.25) is 5.91 Å². The molecule has 0 radical (unpaired) electrons. The van der Waals surface area contributed by atoms with Gasteiger partial charge in [-0.2, -0.15) is 0 Å². The van der Waals surface area contributed by atoms with Crippen molar-refractivity contribution in [2.45, 2.75) is 39.3 Å². The highest BCUT2D eigenvalue weighted by atomic mass is 16.3. The van der Waals surface area contributed by atoms with Crippen LogP contribution in [0.25, 0.3) is 0 Å². The molecule has 0 unspecified atom stereocenters. The van der Waals surface area contributed by atoms with Crippen LogP contribution in [0.5, 0.6) is 0 Å². The van der Waals surface area contributed by atoms with E-state index in [0.717, 1.165) is 5.56 Å². The molecule has 3 nitrogen and oxygen atoms in total. The van der Waals surface area contributed by atoms with Crippen LogP contribution in [0.3, 0.4) is 0 Å². The first-order chi connectivity index (χ1) is 7.92. The van der Waals surface area contributed by atoms with Crippen LogP contribution in [-0.2, 0) is 11.3 Å². The van der Waals surface area contributed by atoms with E-state index in [1.54, 1.807) is 18.7 Å². The maximum atomic E-state index is 11.8. The Kier molecular flexibility index (Phi) is 4.70. The average Bonchev–Trinajstić information content (AvgIpc) is 2.27. The maximum absolute atomic E-state index is 11.8. The highest BCUT2D eigenvalue weighted by Crippen LogP contribution is 2.11. The van der Waals surface area contributed by atoms with E-state index in [4.69, 9.17) is 0 Å². The fourth-order valence-corrected chi connectivity index (χ4v) is 1.73. The van der Waals surface area contributed by atoms with Gasteiger partial charge in [0.05, 0.1) is 5.60 Å². The molecule has 0 aliphatic rings. The van der Waals surface area contributed by atoms with E-state index < -0.39 is 5.60 Å². The van der Waals surface area contributed by atoms with Crippen molar-refractivity contribution in [1.82, 2.24) is 4.90 Å². The number of aliphatic hydroxyl groups is 1. The highest BCUT2D eigenvalue weighted by Gasteiger charge is 2.21. The summed E-state index contributed by atoms with van der Waals surface area (Å²) in [5.74, 6) is 0.0657. The van der Waals surface area contributed by atoms with Crippen LogP contribution in [0.1, 0.15) is 32.8 Å². The second kappa shape index (κ2) is 5.82. The van der Waals surface area contributed by atoms with Crippen molar-refractivity contribution >= 4 is 5.91 Å². The number of nitrogens with zero attached hydrogens (tertiary/aromatic N) is 1. The van der Waals surface area contributed by atoms with Crippen molar-refractivity contribution in [2.75, 3.05) is 6.54 Å². The summed E-state index contributed by atoms with van der Waals surface area (Å²) in [6.45, 7) is 6.18. The topological polar surface area (TPSA) is 40.5 Å². The largest absolute Gasteiger partial charge is 0.389 e. The Labute approximate surface area is 103 Å². The highest BCUT2D eigenvalue weighted by molar-refractivity contribution is 5.75. The summed E-state index contributed by atoms with van der Waals surface area (Å²) in [5.41, 5.74) is 0.220. The lowest BCUT2D eigenvalue weighted by molar-refractivity contribution is -0.134. The van der Waals surface area contributed by atoms with Crippen molar-refractivity contribution < 1.29 is 9.90 Å². The van der Waals surface area contributed by atoms with E-state index in [1.165, 1.54) is 0 Å². The fraction of sp³-hybridized carbons (Fsp3) is 0.500. The van der Waals surface area contributed by atoms with Crippen LogP contribution in [0, 0.1) is 0 Å². The van der Waals surface area contributed by atoms with Gasteiger partial charge in [0.1, 0.15) is 0 Å². The van der Waals surface area contributed by atoms with Gasteiger partial charge in [0.15, 0.2) is 0 Å². The Hall–Kier alpha value is -1.35. The van der Waals surface area contributed by atoms with Crippen LogP contribution in [0.2, 0.25) is 0 Å². The van der Waals surface area contributed by atoms with E-state index in [2.05, 4.69) is 0 Å². The van der Waals surface area contributed by atoms with Crippen molar-refractivity contribution in [3.8, 4) is 0 Å². The van der Waals surface area contributed by atoms with Gasteiger partial charge < -0.3 is 10.0 Å². The minimum atomic E-state index is -0.861. The van der Waals surface area contributed by atoms with Crippen molar-refractivity contribution in [3.63, 3.8) is 0 Å². The summed E-state index contributed by atoms with van der Waals surface area (Å²) < 4.78 is 0. The number of rotatable bonds is 5. The van der Waals surface area contributed by atoms with Crippen molar-refractivity contribution in [2.24, 2.45) is 0 Å². The van der Waals surface area contributed by atoms with E-state index in [1.807, 2.05) is 37.3 Å². The van der Waals surface area contributed by atoms with Crippen molar-refractivity contribution in [1.29, 1.82) is 0 Å². The number of carbonyl (C=O) groups excluding carboxylic acids is 1. The molecule has 0 saturated heterocycles. The minimum Gasteiger partial charge on any atom is -0.389 e. The second-order valence-corrected chi connectivity index (χ2v) is 4.90. The normalized spacial score (nSPS) is 11.3.